The quantitative estimate of drug-likeness (QED) is 0.591. The third-order valence-electron chi connectivity index (χ3n) is 5.69. The van der Waals surface area contributed by atoms with E-state index in [4.69, 9.17) is 11.6 Å². The fraction of sp³-hybridized carbons (Fsp3) is 0.348. The third kappa shape index (κ3) is 4.00. The second kappa shape index (κ2) is 8.34. The lowest BCUT2D eigenvalue weighted by molar-refractivity contribution is 0.103. The molecule has 1 saturated heterocycles. The summed E-state index contributed by atoms with van der Waals surface area (Å²) in [5.41, 5.74) is 4.31. The molecule has 4 rings (SSSR count). The molecule has 1 aliphatic heterocycles. The van der Waals surface area contributed by atoms with Crippen LogP contribution in [0.3, 0.4) is 0 Å². The first-order valence-corrected chi connectivity index (χ1v) is 11.2. The minimum Gasteiger partial charge on any atom is -0.369 e. The Balaban J connectivity index is 1.52. The van der Waals surface area contributed by atoms with Gasteiger partial charge in [-0.15, -0.1) is 11.3 Å². The third-order valence-corrected chi connectivity index (χ3v) is 7.33. The largest absolute Gasteiger partial charge is 0.369 e. The topological polar surface area (TPSA) is 35.6 Å². The van der Waals surface area contributed by atoms with Crippen LogP contribution in [-0.2, 0) is 0 Å². The van der Waals surface area contributed by atoms with Crippen molar-refractivity contribution in [1.82, 2.24) is 4.90 Å². The Bertz CT molecular complexity index is 1050. The number of amides is 1. The smallest absolute Gasteiger partial charge is 0.267 e. The number of anilines is 2. The normalized spacial score (nSPS) is 15.1. The summed E-state index contributed by atoms with van der Waals surface area (Å²) in [4.78, 5) is 18.3. The van der Waals surface area contributed by atoms with E-state index in [1.807, 2.05) is 37.3 Å². The van der Waals surface area contributed by atoms with Crippen molar-refractivity contribution in [3.05, 3.63) is 57.4 Å². The molecule has 1 N–H and O–H groups in total. The van der Waals surface area contributed by atoms with Crippen LogP contribution in [0.1, 0.15) is 27.7 Å². The van der Waals surface area contributed by atoms with E-state index >= 15 is 0 Å². The van der Waals surface area contributed by atoms with Crippen LogP contribution in [-0.4, -0.2) is 43.5 Å². The van der Waals surface area contributed by atoms with Gasteiger partial charge in [0.1, 0.15) is 4.88 Å². The second-order valence-electron chi connectivity index (χ2n) is 7.57. The highest BCUT2D eigenvalue weighted by Crippen LogP contribution is 2.37. The molecule has 1 amide bonds. The van der Waals surface area contributed by atoms with Gasteiger partial charge >= 0.3 is 0 Å². The summed E-state index contributed by atoms with van der Waals surface area (Å²) in [7, 11) is 0. The van der Waals surface area contributed by atoms with Crippen LogP contribution in [0.5, 0.6) is 0 Å². The average molecular weight is 428 g/mol. The van der Waals surface area contributed by atoms with Crippen molar-refractivity contribution in [2.45, 2.75) is 20.8 Å². The SMILES string of the molecule is CCN1CCN(c2ccc(NC(=O)c3sc4cccc(C)c4c3Cl)cc2C)CC1. The summed E-state index contributed by atoms with van der Waals surface area (Å²) in [6.07, 6.45) is 0. The van der Waals surface area contributed by atoms with Gasteiger partial charge in [-0.1, -0.05) is 30.7 Å². The summed E-state index contributed by atoms with van der Waals surface area (Å²) in [5.74, 6) is -0.153. The highest BCUT2D eigenvalue weighted by molar-refractivity contribution is 7.21. The lowest BCUT2D eigenvalue weighted by Gasteiger charge is -2.36. The molecule has 0 atom stereocenters. The maximum absolute atomic E-state index is 12.9. The number of benzene rings is 2. The number of hydrogen-bond acceptors (Lipinski definition) is 4. The van der Waals surface area contributed by atoms with E-state index in [-0.39, 0.29) is 5.91 Å². The number of hydrogen-bond donors (Lipinski definition) is 1. The van der Waals surface area contributed by atoms with Gasteiger partial charge in [0, 0.05) is 47.6 Å². The van der Waals surface area contributed by atoms with Crippen molar-refractivity contribution in [3.63, 3.8) is 0 Å². The van der Waals surface area contributed by atoms with Crippen molar-refractivity contribution < 1.29 is 4.79 Å². The van der Waals surface area contributed by atoms with Gasteiger partial charge in [-0.2, -0.15) is 0 Å². The summed E-state index contributed by atoms with van der Waals surface area (Å²) in [6.45, 7) is 11.7. The van der Waals surface area contributed by atoms with Gasteiger partial charge in [0.25, 0.3) is 5.91 Å². The monoisotopic (exact) mass is 427 g/mol. The Morgan fingerprint density at radius 3 is 2.52 bits per heavy atom. The van der Waals surface area contributed by atoms with Gasteiger partial charge in [0.15, 0.2) is 0 Å². The van der Waals surface area contributed by atoms with Crippen LogP contribution < -0.4 is 10.2 Å². The number of rotatable bonds is 4. The van der Waals surface area contributed by atoms with Gasteiger partial charge in [-0.3, -0.25) is 4.79 Å². The first-order chi connectivity index (χ1) is 14.0. The Labute approximate surface area is 181 Å². The lowest BCUT2D eigenvalue weighted by Crippen LogP contribution is -2.46. The highest BCUT2D eigenvalue weighted by Gasteiger charge is 2.20. The molecule has 0 aliphatic carbocycles. The summed E-state index contributed by atoms with van der Waals surface area (Å²) in [5, 5.41) is 4.55. The van der Waals surface area contributed by atoms with Crippen LogP contribution in [0.25, 0.3) is 10.1 Å². The molecule has 0 unspecified atom stereocenters. The summed E-state index contributed by atoms with van der Waals surface area (Å²) >= 11 is 7.99. The van der Waals surface area contributed by atoms with Crippen LogP contribution >= 0.6 is 22.9 Å². The standard InChI is InChI=1S/C23H26ClN3OS/c1-4-26-10-12-27(13-11-26)18-9-8-17(14-16(18)3)25-23(28)22-21(24)20-15(2)6-5-7-19(20)29-22/h5-9,14H,4,10-13H2,1-3H3,(H,25,28). The zero-order valence-electron chi connectivity index (χ0n) is 17.1. The van der Waals surface area contributed by atoms with Crippen molar-refractivity contribution in [2.75, 3.05) is 42.9 Å². The fourth-order valence-corrected chi connectivity index (χ4v) is 5.58. The molecule has 6 heteroatoms. The molecule has 3 aromatic rings. The Morgan fingerprint density at radius 1 is 1.10 bits per heavy atom. The molecular formula is C23H26ClN3OS. The number of likely N-dealkylation sites (N-methyl/N-ethyl adjacent to an activating group) is 1. The molecule has 2 heterocycles. The van der Waals surface area contributed by atoms with Crippen molar-refractivity contribution in [3.8, 4) is 0 Å². The Kier molecular flexibility index (Phi) is 5.81. The van der Waals surface area contributed by atoms with Crippen LogP contribution in [0, 0.1) is 13.8 Å². The van der Waals surface area contributed by atoms with E-state index in [1.165, 1.54) is 22.6 Å². The van der Waals surface area contributed by atoms with Crippen LogP contribution in [0.15, 0.2) is 36.4 Å². The maximum atomic E-state index is 12.9. The van der Waals surface area contributed by atoms with E-state index in [9.17, 15) is 4.79 Å². The molecule has 0 bridgehead atoms. The van der Waals surface area contributed by atoms with Crippen LogP contribution in [0.2, 0.25) is 5.02 Å². The summed E-state index contributed by atoms with van der Waals surface area (Å²) in [6, 6.07) is 12.2. The fourth-order valence-electron chi connectivity index (χ4n) is 4.00. The maximum Gasteiger partial charge on any atom is 0.267 e. The van der Waals surface area contributed by atoms with Gasteiger partial charge < -0.3 is 15.1 Å². The highest BCUT2D eigenvalue weighted by atomic mass is 35.5. The number of piperazine rings is 1. The van der Waals surface area contributed by atoms with E-state index in [1.54, 1.807) is 0 Å². The number of thiophene rings is 1. The second-order valence-corrected chi connectivity index (χ2v) is 9.00. The van der Waals surface area contributed by atoms with Gasteiger partial charge in [0.05, 0.1) is 5.02 Å². The summed E-state index contributed by atoms with van der Waals surface area (Å²) < 4.78 is 1.04. The first-order valence-electron chi connectivity index (χ1n) is 10.0. The molecule has 29 heavy (non-hydrogen) atoms. The van der Waals surface area contributed by atoms with Crippen LogP contribution in [0.4, 0.5) is 11.4 Å². The van der Waals surface area contributed by atoms with E-state index in [2.05, 4.69) is 35.0 Å². The average Bonchev–Trinajstić information content (AvgIpc) is 3.06. The molecule has 1 aliphatic rings. The predicted octanol–water partition coefficient (Wildman–Crippen LogP) is 5.57. The van der Waals surface area contributed by atoms with Gasteiger partial charge in [0.2, 0.25) is 0 Å². The van der Waals surface area contributed by atoms with E-state index < -0.39 is 0 Å². The molecule has 0 spiro atoms. The Morgan fingerprint density at radius 2 is 1.86 bits per heavy atom. The number of aryl methyl sites for hydroxylation is 2. The zero-order valence-corrected chi connectivity index (χ0v) is 18.7. The predicted molar refractivity (Wildman–Crippen MR) is 125 cm³/mol. The van der Waals surface area contributed by atoms with Crippen molar-refractivity contribution >= 4 is 50.3 Å². The lowest BCUT2D eigenvalue weighted by atomic mass is 10.1. The molecule has 0 radical (unpaired) electrons. The molecule has 0 saturated carbocycles. The van der Waals surface area contributed by atoms with Crippen molar-refractivity contribution in [2.24, 2.45) is 0 Å². The zero-order chi connectivity index (χ0) is 20.5. The minimum absolute atomic E-state index is 0.153. The number of carbonyl (C=O) groups is 1. The Hall–Kier alpha value is -2.08. The van der Waals surface area contributed by atoms with Gasteiger partial charge in [-0.25, -0.2) is 0 Å². The van der Waals surface area contributed by atoms with E-state index in [0.717, 1.165) is 54.1 Å². The van der Waals surface area contributed by atoms with Crippen molar-refractivity contribution in [1.29, 1.82) is 0 Å². The molecule has 2 aromatic carbocycles. The molecule has 1 aromatic heterocycles. The molecular weight excluding hydrogens is 402 g/mol. The van der Waals surface area contributed by atoms with Gasteiger partial charge in [-0.05, 0) is 55.8 Å². The molecule has 1 fully saturated rings. The number of nitrogens with zero attached hydrogens (tertiary/aromatic N) is 2. The minimum atomic E-state index is -0.153. The number of nitrogens with one attached hydrogen (secondary N) is 1. The first kappa shape index (κ1) is 20.2. The van der Waals surface area contributed by atoms with E-state index in [0.29, 0.717) is 9.90 Å². The number of carbonyl (C=O) groups excluding carboxylic acids is 1. The number of fused-ring (bicyclic) bond motifs is 1. The molecule has 4 nitrogen and oxygen atoms in total. The number of halogens is 1. The molecule has 152 valence electrons.